The molecule has 1 aliphatic rings. The fourth-order valence-corrected chi connectivity index (χ4v) is 4.09. The van der Waals surface area contributed by atoms with E-state index >= 15 is 0 Å². The Kier molecular flexibility index (Phi) is 5.44. The van der Waals surface area contributed by atoms with Gasteiger partial charge >= 0.3 is 0 Å². The first kappa shape index (κ1) is 19.3. The van der Waals surface area contributed by atoms with Gasteiger partial charge in [0.1, 0.15) is 11.6 Å². The fourth-order valence-electron chi connectivity index (χ4n) is 3.40. The molecule has 0 spiro atoms. The summed E-state index contributed by atoms with van der Waals surface area (Å²) in [7, 11) is 0. The van der Waals surface area contributed by atoms with Gasteiger partial charge < -0.3 is 14.8 Å². The number of aryl methyl sites for hydroxylation is 1. The average molecular weight is 410 g/mol. The van der Waals surface area contributed by atoms with Gasteiger partial charge in [0.15, 0.2) is 0 Å². The number of pyridine rings is 1. The number of aromatic nitrogens is 3. The highest BCUT2D eigenvalue weighted by atomic mass is 32.1. The molecule has 1 N–H and O–H groups in total. The van der Waals surface area contributed by atoms with Crippen LogP contribution in [0.5, 0.6) is 0 Å². The normalized spacial score (nSPS) is 14.7. The molecule has 0 bridgehead atoms. The van der Waals surface area contributed by atoms with Crippen LogP contribution in [0, 0.1) is 13.8 Å². The molecule has 4 rings (SSSR count). The van der Waals surface area contributed by atoms with E-state index in [1.165, 1.54) is 11.3 Å². The third-order valence-corrected chi connectivity index (χ3v) is 6.11. The first-order chi connectivity index (χ1) is 14.0. The number of carbonyl (C=O) groups excluding carboxylic acids is 1. The van der Waals surface area contributed by atoms with Gasteiger partial charge in [-0.2, -0.15) is 0 Å². The minimum Gasteiger partial charge on any atom is -0.355 e. The quantitative estimate of drug-likeness (QED) is 0.719. The van der Waals surface area contributed by atoms with E-state index in [9.17, 15) is 9.59 Å². The van der Waals surface area contributed by atoms with Crippen LogP contribution in [0.4, 0.5) is 5.82 Å². The maximum atomic E-state index is 12.6. The van der Waals surface area contributed by atoms with Crippen LogP contribution in [0.25, 0.3) is 11.4 Å². The molecule has 8 heteroatoms. The summed E-state index contributed by atoms with van der Waals surface area (Å²) < 4.78 is 0. The molecule has 1 aliphatic heterocycles. The van der Waals surface area contributed by atoms with Crippen molar-refractivity contribution in [2.24, 2.45) is 0 Å². The van der Waals surface area contributed by atoms with Crippen LogP contribution in [-0.2, 0) is 0 Å². The summed E-state index contributed by atoms with van der Waals surface area (Å²) in [4.78, 5) is 41.4. The van der Waals surface area contributed by atoms with E-state index in [0.29, 0.717) is 17.9 Å². The molecule has 0 saturated carbocycles. The number of carbonyl (C=O) groups is 1. The van der Waals surface area contributed by atoms with Crippen LogP contribution in [0.3, 0.4) is 0 Å². The van der Waals surface area contributed by atoms with Crippen molar-refractivity contribution in [1.82, 2.24) is 19.9 Å². The van der Waals surface area contributed by atoms with Crippen LogP contribution < -0.4 is 10.5 Å². The Morgan fingerprint density at radius 2 is 2.00 bits per heavy atom. The molecule has 0 aliphatic carbocycles. The Balaban J connectivity index is 1.47. The van der Waals surface area contributed by atoms with Crippen LogP contribution in [0.1, 0.15) is 27.3 Å². The van der Waals surface area contributed by atoms with E-state index in [0.717, 1.165) is 48.0 Å². The molecule has 0 atom stereocenters. The van der Waals surface area contributed by atoms with Gasteiger partial charge in [0.25, 0.3) is 11.5 Å². The lowest BCUT2D eigenvalue weighted by atomic mass is 10.2. The van der Waals surface area contributed by atoms with Crippen molar-refractivity contribution in [3.8, 4) is 11.4 Å². The molecular weight excluding hydrogens is 386 g/mol. The highest BCUT2D eigenvalue weighted by Gasteiger charge is 2.21. The van der Waals surface area contributed by atoms with Crippen molar-refractivity contribution in [3.05, 3.63) is 62.3 Å². The zero-order chi connectivity index (χ0) is 20.4. The van der Waals surface area contributed by atoms with Gasteiger partial charge in [-0.25, -0.2) is 9.97 Å². The Morgan fingerprint density at radius 1 is 1.14 bits per heavy atom. The summed E-state index contributed by atoms with van der Waals surface area (Å²) in [6, 6.07) is 7.66. The molecule has 1 saturated heterocycles. The molecule has 1 fully saturated rings. The highest BCUT2D eigenvalue weighted by molar-refractivity contribution is 7.12. The molecular formula is C21H23N5O2S. The lowest BCUT2D eigenvalue weighted by molar-refractivity contribution is 0.0772. The first-order valence-electron chi connectivity index (χ1n) is 9.64. The number of nitrogens with zero attached hydrogens (tertiary/aromatic N) is 4. The lowest BCUT2D eigenvalue weighted by Crippen LogP contribution is -2.35. The van der Waals surface area contributed by atoms with E-state index in [4.69, 9.17) is 0 Å². The van der Waals surface area contributed by atoms with Crippen LogP contribution in [0.2, 0.25) is 0 Å². The average Bonchev–Trinajstić information content (AvgIpc) is 3.16. The van der Waals surface area contributed by atoms with Gasteiger partial charge in [-0.15, -0.1) is 11.3 Å². The van der Waals surface area contributed by atoms with Gasteiger partial charge in [-0.3, -0.25) is 9.59 Å². The van der Waals surface area contributed by atoms with Crippen molar-refractivity contribution in [1.29, 1.82) is 0 Å². The van der Waals surface area contributed by atoms with Crippen molar-refractivity contribution in [2.45, 2.75) is 20.3 Å². The SMILES string of the molecule is Cc1nc(-c2ccc(N3CCCN(C(=O)c4cccs4)CC3)nc2)[nH]c(=O)c1C. The highest BCUT2D eigenvalue weighted by Crippen LogP contribution is 2.20. The van der Waals surface area contributed by atoms with Crippen LogP contribution in [-0.4, -0.2) is 51.9 Å². The van der Waals surface area contributed by atoms with Gasteiger partial charge in [-0.1, -0.05) is 6.07 Å². The summed E-state index contributed by atoms with van der Waals surface area (Å²) in [5, 5.41) is 1.93. The lowest BCUT2D eigenvalue weighted by Gasteiger charge is -2.22. The minimum atomic E-state index is -0.125. The minimum absolute atomic E-state index is 0.106. The third kappa shape index (κ3) is 4.07. The number of amides is 1. The Labute approximate surface area is 173 Å². The monoisotopic (exact) mass is 409 g/mol. The van der Waals surface area contributed by atoms with Gasteiger partial charge in [0.05, 0.1) is 4.88 Å². The van der Waals surface area contributed by atoms with Crippen LogP contribution in [0.15, 0.2) is 40.6 Å². The van der Waals surface area contributed by atoms with Crippen molar-refractivity contribution >= 4 is 23.1 Å². The van der Waals surface area contributed by atoms with E-state index in [1.54, 1.807) is 13.1 Å². The van der Waals surface area contributed by atoms with E-state index in [-0.39, 0.29) is 11.5 Å². The molecule has 1 amide bonds. The summed E-state index contributed by atoms with van der Waals surface area (Å²) in [5.74, 6) is 1.50. The Morgan fingerprint density at radius 3 is 2.69 bits per heavy atom. The summed E-state index contributed by atoms with van der Waals surface area (Å²) in [6.45, 7) is 6.60. The molecule has 0 radical (unpaired) electrons. The van der Waals surface area contributed by atoms with E-state index < -0.39 is 0 Å². The number of H-pyrrole nitrogens is 1. The number of anilines is 1. The van der Waals surface area contributed by atoms with Crippen molar-refractivity contribution in [3.63, 3.8) is 0 Å². The molecule has 3 aromatic heterocycles. The maximum Gasteiger partial charge on any atom is 0.263 e. The summed E-state index contributed by atoms with van der Waals surface area (Å²) >= 11 is 1.48. The van der Waals surface area contributed by atoms with Crippen molar-refractivity contribution < 1.29 is 4.79 Å². The predicted octanol–water partition coefficient (Wildman–Crippen LogP) is 2.86. The topological polar surface area (TPSA) is 82.2 Å². The van der Waals surface area contributed by atoms with Gasteiger partial charge in [-0.05, 0) is 43.8 Å². The zero-order valence-electron chi connectivity index (χ0n) is 16.5. The molecule has 0 aromatic carbocycles. The number of rotatable bonds is 3. The third-order valence-electron chi connectivity index (χ3n) is 5.26. The van der Waals surface area contributed by atoms with E-state index in [2.05, 4.69) is 19.9 Å². The number of nitrogens with one attached hydrogen (secondary N) is 1. The number of aromatic amines is 1. The van der Waals surface area contributed by atoms with Gasteiger partial charge in [0.2, 0.25) is 0 Å². The second-order valence-corrected chi connectivity index (χ2v) is 8.09. The smallest absolute Gasteiger partial charge is 0.263 e. The predicted molar refractivity (Wildman–Crippen MR) is 115 cm³/mol. The standard InChI is InChI=1S/C21H23N5O2S/c1-14-15(2)23-19(24-20(14)27)16-6-7-18(22-13-16)25-8-4-9-26(11-10-25)21(28)17-5-3-12-29-17/h3,5-7,12-13H,4,8-11H2,1-2H3,(H,23,24,27). The molecule has 3 aromatic rings. The molecule has 4 heterocycles. The summed E-state index contributed by atoms with van der Waals surface area (Å²) in [6.07, 6.45) is 2.63. The number of thiophene rings is 1. The molecule has 0 unspecified atom stereocenters. The van der Waals surface area contributed by atoms with E-state index in [1.807, 2.05) is 41.5 Å². The molecule has 150 valence electrons. The van der Waals surface area contributed by atoms with Crippen molar-refractivity contribution in [2.75, 3.05) is 31.1 Å². The largest absolute Gasteiger partial charge is 0.355 e. The Hall–Kier alpha value is -3.00. The molecule has 29 heavy (non-hydrogen) atoms. The maximum absolute atomic E-state index is 12.6. The second-order valence-electron chi connectivity index (χ2n) is 7.14. The molecule has 7 nitrogen and oxygen atoms in total. The fraction of sp³-hybridized carbons (Fsp3) is 0.333. The number of hydrogen-bond acceptors (Lipinski definition) is 6. The Bertz CT molecular complexity index is 1060. The van der Waals surface area contributed by atoms with Crippen LogP contribution >= 0.6 is 11.3 Å². The summed E-state index contributed by atoms with van der Waals surface area (Å²) in [5.41, 5.74) is 2.00. The zero-order valence-corrected chi connectivity index (χ0v) is 17.3. The van der Waals surface area contributed by atoms with Gasteiger partial charge in [0, 0.05) is 49.2 Å². The number of hydrogen-bond donors (Lipinski definition) is 1. The second kappa shape index (κ2) is 8.16. The first-order valence-corrected chi connectivity index (χ1v) is 10.5.